The molecule has 1 aliphatic rings. The Balaban J connectivity index is 2.57. The first kappa shape index (κ1) is 11.5. The molecule has 1 saturated heterocycles. The van der Waals surface area contributed by atoms with Crippen molar-refractivity contribution < 1.29 is 4.79 Å². The lowest BCUT2D eigenvalue weighted by Crippen LogP contribution is -2.52. The average molecular weight is 198 g/mol. The summed E-state index contributed by atoms with van der Waals surface area (Å²) in [6, 6.07) is 0.0254. The first-order valence-electron chi connectivity index (χ1n) is 5.37. The van der Waals surface area contributed by atoms with Crippen LogP contribution in [-0.4, -0.2) is 36.0 Å². The van der Waals surface area contributed by atoms with E-state index in [0.717, 1.165) is 13.0 Å². The summed E-state index contributed by atoms with van der Waals surface area (Å²) in [4.78, 5) is 13.5. The van der Waals surface area contributed by atoms with Crippen LogP contribution in [0.4, 0.5) is 0 Å². The van der Waals surface area contributed by atoms with Gasteiger partial charge in [-0.3, -0.25) is 4.79 Å². The second-order valence-corrected chi connectivity index (χ2v) is 5.12. The van der Waals surface area contributed by atoms with Crippen LogP contribution >= 0.6 is 0 Å². The van der Waals surface area contributed by atoms with Gasteiger partial charge in [0.1, 0.15) is 0 Å². The zero-order chi connectivity index (χ0) is 10.9. The van der Waals surface area contributed by atoms with E-state index in [2.05, 4.69) is 33.0 Å². The SMILES string of the molecule is CC(C)C(C)(C)NC1CCN(C)C1=O. The molecule has 82 valence electrons. The standard InChI is InChI=1S/C11H22N2O/c1-8(2)11(3,4)12-9-6-7-13(5)10(9)14/h8-9,12H,6-7H2,1-5H3. The van der Waals surface area contributed by atoms with Crippen molar-refractivity contribution in [1.82, 2.24) is 10.2 Å². The molecule has 0 aromatic heterocycles. The number of likely N-dealkylation sites (tertiary alicyclic amines) is 1. The number of carbonyl (C=O) groups excluding carboxylic acids is 1. The van der Waals surface area contributed by atoms with E-state index in [-0.39, 0.29) is 17.5 Å². The fourth-order valence-electron chi connectivity index (χ4n) is 1.57. The zero-order valence-corrected chi connectivity index (χ0v) is 9.92. The van der Waals surface area contributed by atoms with Crippen molar-refractivity contribution in [2.45, 2.75) is 45.7 Å². The van der Waals surface area contributed by atoms with Crippen molar-refractivity contribution in [3.63, 3.8) is 0 Å². The largest absolute Gasteiger partial charge is 0.344 e. The van der Waals surface area contributed by atoms with E-state index in [9.17, 15) is 4.79 Å². The van der Waals surface area contributed by atoms with Gasteiger partial charge >= 0.3 is 0 Å². The molecule has 1 heterocycles. The number of rotatable bonds is 3. The minimum atomic E-state index is 0.0254. The molecule has 1 aliphatic heterocycles. The molecule has 0 bridgehead atoms. The number of hydrogen-bond acceptors (Lipinski definition) is 2. The van der Waals surface area contributed by atoms with Crippen LogP contribution in [0.15, 0.2) is 0 Å². The molecule has 0 saturated carbocycles. The third kappa shape index (κ3) is 2.27. The van der Waals surface area contributed by atoms with Crippen molar-refractivity contribution in [1.29, 1.82) is 0 Å². The van der Waals surface area contributed by atoms with Gasteiger partial charge in [-0.15, -0.1) is 0 Å². The summed E-state index contributed by atoms with van der Waals surface area (Å²) in [5.41, 5.74) is 0.0332. The Bertz CT molecular complexity index is 223. The predicted molar refractivity (Wildman–Crippen MR) is 58.1 cm³/mol. The van der Waals surface area contributed by atoms with Crippen molar-refractivity contribution >= 4 is 5.91 Å². The Kier molecular flexibility index (Phi) is 3.20. The van der Waals surface area contributed by atoms with Gasteiger partial charge in [-0.1, -0.05) is 13.8 Å². The highest BCUT2D eigenvalue weighted by Crippen LogP contribution is 2.19. The fourth-order valence-corrected chi connectivity index (χ4v) is 1.57. The van der Waals surface area contributed by atoms with Crippen molar-refractivity contribution in [3.8, 4) is 0 Å². The summed E-state index contributed by atoms with van der Waals surface area (Å²) in [6.45, 7) is 9.55. The lowest BCUT2D eigenvalue weighted by Gasteiger charge is -2.33. The summed E-state index contributed by atoms with van der Waals surface area (Å²) in [7, 11) is 1.87. The third-order valence-corrected chi connectivity index (χ3v) is 3.42. The van der Waals surface area contributed by atoms with Crippen molar-refractivity contribution in [2.75, 3.05) is 13.6 Å². The molecule has 0 spiro atoms. The van der Waals surface area contributed by atoms with Gasteiger partial charge in [0.2, 0.25) is 5.91 Å². The Morgan fingerprint density at radius 3 is 2.43 bits per heavy atom. The van der Waals surface area contributed by atoms with Crippen LogP contribution in [-0.2, 0) is 4.79 Å². The van der Waals surface area contributed by atoms with Crippen LogP contribution in [0.5, 0.6) is 0 Å². The van der Waals surface area contributed by atoms with Crippen molar-refractivity contribution in [3.05, 3.63) is 0 Å². The number of nitrogens with one attached hydrogen (secondary N) is 1. The molecule has 14 heavy (non-hydrogen) atoms. The molecule has 1 atom stereocenters. The van der Waals surface area contributed by atoms with Crippen LogP contribution in [0.2, 0.25) is 0 Å². The number of likely N-dealkylation sites (N-methyl/N-ethyl adjacent to an activating group) is 1. The fraction of sp³-hybridized carbons (Fsp3) is 0.909. The number of amides is 1. The summed E-state index contributed by atoms with van der Waals surface area (Å²) in [5, 5.41) is 3.44. The van der Waals surface area contributed by atoms with Crippen molar-refractivity contribution in [2.24, 2.45) is 5.92 Å². The van der Waals surface area contributed by atoms with Gasteiger partial charge in [-0.05, 0) is 26.2 Å². The van der Waals surface area contributed by atoms with Gasteiger partial charge in [0.25, 0.3) is 0 Å². The third-order valence-electron chi connectivity index (χ3n) is 3.42. The monoisotopic (exact) mass is 198 g/mol. The van der Waals surface area contributed by atoms with E-state index in [4.69, 9.17) is 0 Å². The van der Waals surface area contributed by atoms with Gasteiger partial charge in [0, 0.05) is 19.1 Å². The molecule has 0 aromatic carbocycles. The summed E-state index contributed by atoms with van der Waals surface area (Å²) >= 11 is 0. The van der Waals surface area contributed by atoms with Gasteiger partial charge in [-0.2, -0.15) is 0 Å². The maximum Gasteiger partial charge on any atom is 0.239 e. The predicted octanol–water partition coefficient (Wildman–Crippen LogP) is 1.24. The second-order valence-electron chi connectivity index (χ2n) is 5.12. The topological polar surface area (TPSA) is 32.3 Å². The van der Waals surface area contributed by atoms with Gasteiger partial charge in [0.15, 0.2) is 0 Å². The highest BCUT2D eigenvalue weighted by molar-refractivity contribution is 5.83. The smallest absolute Gasteiger partial charge is 0.239 e. The molecule has 1 amide bonds. The highest BCUT2D eigenvalue weighted by Gasteiger charge is 2.34. The molecule has 0 aliphatic carbocycles. The van der Waals surface area contributed by atoms with Gasteiger partial charge in [0.05, 0.1) is 6.04 Å². The molecule has 1 rings (SSSR count). The average Bonchev–Trinajstić information content (AvgIpc) is 2.35. The summed E-state index contributed by atoms with van der Waals surface area (Å²) in [5.74, 6) is 0.764. The molecule has 0 aromatic rings. The van der Waals surface area contributed by atoms with E-state index >= 15 is 0 Å². The maximum absolute atomic E-state index is 11.7. The zero-order valence-electron chi connectivity index (χ0n) is 9.92. The lowest BCUT2D eigenvalue weighted by atomic mass is 9.89. The summed E-state index contributed by atoms with van der Waals surface area (Å²) < 4.78 is 0. The normalized spacial score (nSPS) is 23.7. The molecule has 3 nitrogen and oxygen atoms in total. The molecule has 1 N–H and O–H groups in total. The molecular formula is C11H22N2O. The Morgan fingerprint density at radius 1 is 1.50 bits per heavy atom. The lowest BCUT2D eigenvalue weighted by molar-refractivity contribution is -0.128. The molecule has 1 fully saturated rings. The molecule has 0 radical (unpaired) electrons. The molecular weight excluding hydrogens is 176 g/mol. The van der Waals surface area contributed by atoms with Crippen LogP contribution in [0, 0.1) is 5.92 Å². The number of carbonyl (C=O) groups is 1. The van der Waals surface area contributed by atoms with Crippen LogP contribution in [0.1, 0.15) is 34.1 Å². The van der Waals surface area contributed by atoms with Gasteiger partial charge < -0.3 is 10.2 Å². The molecule has 3 heteroatoms. The van der Waals surface area contributed by atoms with E-state index in [1.54, 1.807) is 4.90 Å². The minimum Gasteiger partial charge on any atom is -0.344 e. The number of hydrogen-bond donors (Lipinski definition) is 1. The highest BCUT2D eigenvalue weighted by atomic mass is 16.2. The van der Waals surface area contributed by atoms with Crippen LogP contribution < -0.4 is 5.32 Å². The maximum atomic E-state index is 11.7. The number of nitrogens with zero attached hydrogens (tertiary/aromatic N) is 1. The van der Waals surface area contributed by atoms with E-state index in [0.29, 0.717) is 5.92 Å². The molecule has 1 unspecified atom stereocenters. The quantitative estimate of drug-likeness (QED) is 0.740. The van der Waals surface area contributed by atoms with E-state index in [1.807, 2.05) is 7.05 Å². The van der Waals surface area contributed by atoms with Gasteiger partial charge in [-0.25, -0.2) is 0 Å². The second kappa shape index (κ2) is 3.89. The summed E-state index contributed by atoms with van der Waals surface area (Å²) in [6.07, 6.45) is 0.936. The van der Waals surface area contributed by atoms with Crippen LogP contribution in [0.25, 0.3) is 0 Å². The Hall–Kier alpha value is -0.570. The Morgan fingerprint density at radius 2 is 2.07 bits per heavy atom. The Labute approximate surface area is 86.9 Å². The van der Waals surface area contributed by atoms with E-state index < -0.39 is 0 Å². The van der Waals surface area contributed by atoms with E-state index in [1.165, 1.54) is 0 Å². The first-order valence-corrected chi connectivity index (χ1v) is 5.37. The minimum absolute atomic E-state index is 0.0254. The first-order chi connectivity index (χ1) is 6.34. The van der Waals surface area contributed by atoms with Crippen LogP contribution in [0.3, 0.4) is 0 Å².